The zero-order valence-corrected chi connectivity index (χ0v) is 11.7. The SMILES string of the molecule is CNc1c(Nc2ccccc2)nc(C#N)nc1N(C)C. The lowest BCUT2D eigenvalue weighted by molar-refractivity contribution is 1.02. The van der Waals surface area contributed by atoms with Crippen LogP contribution >= 0.6 is 0 Å². The Morgan fingerprint density at radius 2 is 1.85 bits per heavy atom. The van der Waals surface area contributed by atoms with E-state index < -0.39 is 0 Å². The predicted molar refractivity (Wildman–Crippen MR) is 80.3 cm³/mol. The number of hydrogen-bond acceptors (Lipinski definition) is 6. The molecule has 102 valence electrons. The first-order valence-electron chi connectivity index (χ1n) is 6.15. The van der Waals surface area contributed by atoms with E-state index in [1.807, 2.05) is 55.4 Å². The van der Waals surface area contributed by atoms with Gasteiger partial charge >= 0.3 is 0 Å². The molecule has 0 unspecified atom stereocenters. The normalized spacial score (nSPS) is 9.70. The van der Waals surface area contributed by atoms with Crippen LogP contribution < -0.4 is 15.5 Å². The topological polar surface area (TPSA) is 76.9 Å². The van der Waals surface area contributed by atoms with Crippen molar-refractivity contribution in [3.63, 3.8) is 0 Å². The molecule has 6 nitrogen and oxygen atoms in total. The Bertz CT molecular complexity index is 630. The summed E-state index contributed by atoms with van der Waals surface area (Å²) in [5.41, 5.74) is 1.65. The van der Waals surface area contributed by atoms with Crippen molar-refractivity contribution < 1.29 is 0 Å². The average Bonchev–Trinajstić information content (AvgIpc) is 2.47. The molecule has 0 aliphatic rings. The molecule has 1 aromatic carbocycles. The molecule has 0 atom stereocenters. The Labute approximate surface area is 118 Å². The largest absolute Gasteiger partial charge is 0.382 e. The number of nitrogens with zero attached hydrogens (tertiary/aromatic N) is 4. The van der Waals surface area contributed by atoms with Gasteiger partial charge in [0.2, 0.25) is 5.82 Å². The van der Waals surface area contributed by atoms with Gasteiger partial charge in [0.1, 0.15) is 11.8 Å². The first-order valence-corrected chi connectivity index (χ1v) is 6.15. The van der Waals surface area contributed by atoms with Gasteiger partial charge in [-0.2, -0.15) is 15.2 Å². The molecule has 2 N–H and O–H groups in total. The lowest BCUT2D eigenvalue weighted by Gasteiger charge is -2.19. The fourth-order valence-corrected chi connectivity index (χ4v) is 1.80. The Morgan fingerprint density at radius 3 is 2.40 bits per heavy atom. The van der Waals surface area contributed by atoms with Crippen LogP contribution in [0.1, 0.15) is 5.82 Å². The molecule has 1 aromatic heterocycles. The standard InChI is InChI=1S/C14H16N6/c1-16-12-13(17-10-7-5-4-6-8-10)18-11(9-15)19-14(12)20(2)3/h4-8,16H,1-3H3,(H,17,18,19). The molecular weight excluding hydrogens is 252 g/mol. The molecule has 0 aliphatic carbocycles. The van der Waals surface area contributed by atoms with Crippen molar-refractivity contribution in [2.24, 2.45) is 0 Å². The minimum absolute atomic E-state index is 0.131. The molecule has 0 aliphatic heterocycles. The summed E-state index contributed by atoms with van der Waals surface area (Å²) in [6.07, 6.45) is 0. The summed E-state index contributed by atoms with van der Waals surface area (Å²) in [5.74, 6) is 1.37. The van der Waals surface area contributed by atoms with Crippen LogP contribution in [0.4, 0.5) is 23.0 Å². The molecule has 2 rings (SSSR count). The Morgan fingerprint density at radius 1 is 1.15 bits per heavy atom. The third kappa shape index (κ3) is 2.78. The second-order valence-electron chi connectivity index (χ2n) is 4.34. The number of nitrogens with one attached hydrogen (secondary N) is 2. The van der Waals surface area contributed by atoms with Crippen LogP contribution in [-0.4, -0.2) is 31.1 Å². The van der Waals surface area contributed by atoms with Crippen molar-refractivity contribution in [2.45, 2.75) is 0 Å². The van der Waals surface area contributed by atoms with Gasteiger partial charge in [-0.1, -0.05) is 18.2 Å². The molecule has 6 heteroatoms. The van der Waals surface area contributed by atoms with Crippen LogP contribution in [0.5, 0.6) is 0 Å². The summed E-state index contributed by atoms with van der Waals surface area (Å²) in [7, 11) is 5.54. The number of aromatic nitrogens is 2. The van der Waals surface area contributed by atoms with E-state index in [-0.39, 0.29) is 5.82 Å². The van der Waals surface area contributed by atoms with E-state index in [0.717, 1.165) is 11.4 Å². The lowest BCUT2D eigenvalue weighted by Crippen LogP contribution is -2.16. The first kappa shape index (κ1) is 13.6. The highest BCUT2D eigenvalue weighted by Crippen LogP contribution is 2.30. The second-order valence-corrected chi connectivity index (χ2v) is 4.34. The summed E-state index contributed by atoms with van der Waals surface area (Å²) in [6.45, 7) is 0. The van der Waals surface area contributed by atoms with Gasteiger partial charge in [0.15, 0.2) is 11.6 Å². The van der Waals surface area contributed by atoms with Crippen molar-refractivity contribution in [1.82, 2.24) is 9.97 Å². The van der Waals surface area contributed by atoms with Gasteiger partial charge in [-0.15, -0.1) is 0 Å². The van der Waals surface area contributed by atoms with E-state index in [4.69, 9.17) is 5.26 Å². The molecule has 0 radical (unpaired) electrons. The Kier molecular flexibility index (Phi) is 4.01. The van der Waals surface area contributed by atoms with E-state index in [9.17, 15) is 0 Å². The fourth-order valence-electron chi connectivity index (χ4n) is 1.80. The van der Waals surface area contributed by atoms with Crippen LogP contribution in [0.2, 0.25) is 0 Å². The van der Waals surface area contributed by atoms with Crippen LogP contribution in [-0.2, 0) is 0 Å². The fraction of sp³-hybridized carbons (Fsp3) is 0.214. The predicted octanol–water partition coefficient (Wildman–Crippen LogP) is 2.20. The number of benzene rings is 1. The van der Waals surface area contributed by atoms with Gasteiger partial charge in [0.05, 0.1) is 0 Å². The zero-order valence-electron chi connectivity index (χ0n) is 11.7. The number of rotatable bonds is 4. The van der Waals surface area contributed by atoms with Crippen molar-refractivity contribution >= 4 is 23.0 Å². The van der Waals surface area contributed by atoms with Crippen molar-refractivity contribution in [3.05, 3.63) is 36.2 Å². The van der Waals surface area contributed by atoms with E-state index in [1.54, 1.807) is 7.05 Å². The van der Waals surface area contributed by atoms with Gasteiger partial charge in [-0.25, -0.2) is 0 Å². The highest BCUT2D eigenvalue weighted by Gasteiger charge is 2.15. The minimum atomic E-state index is 0.131. The summed E-state index contributed by atoms with van der Waals surface area (Å²) in [4.78, 5) is 10.3. The molecule has 0 saturated heterocycles. The lowest BCUT2D eigenvalue weighted by atomic mass is 10.3. The highest BCUT2D eigenvalue weighted by molar-refractivity contribution is 5.80. The number of para-hydroxylation sites is 1. The monoisotopic (exact) mass is 268 g/mol. The number of hydrogen-bond donors (Lipinski definition) is 2. The number of nitriles is 1. The van der Waals surface area contributed by atoms with Crippen LogP contribution in [0.25, 0.3) is 0 Å². The molecule has 20 heavy (non-hydrogen) atoms. The van der Waals surface area contributed by atoms with E-state index in [1.165, 1.54) is 0 Å². The third-order valence-corrected chi connectivity index (χ3v) is 2.70. The van der Waals surface area contributed by atoms with Crippen molar-refractivity contribution in [3.8, 4) is 6.07 Å². The smallest absolute Gasteiger partial charge is 0.236 e. The number of anilines is 4. The summed E-state index contributed by atoms with van der Waals surface area (Å²) < 4.78 is 0. The third-order valence-electron chi connectivity index (χ3n) is 2.70. The molecule has 2 aromatic rings. The zero-order chi connectivity index (χ0) is 14.5. The van der Waals surface area contributed by atoms with Gasteiger partial charge in [0, 0.05) is 26.8 Å². The van der Waals surface area contributed by atoms with Gasteiger partial charge in [0.25, 0.3) is 0 Å². The minimum Gasteiger partial charge on any atom is -0.382 e. The van der Waals surface area contributed by atoms with Crippen molar-refractivity contribution in [2.75, 3.05) is 36.7 Å². The maximum atomic E-state index is 9.06. The van der Waals surface area contributed by atoms with Crippen LogP contribution in [0.15, 0.2) is 30.3 Å². The molecule has 0 bridgehead atoms. The summed E-state index contributed by atoms with van der Waals surface area (Å²) >= 11 is 0. The Hall–Kier alpha value is -2.81. The molecular formula is C14H16N6. The summed E-state index contributed by atoms with van der Waals surface area (Å²) in [5, 5.41) is 15.3. The highest BCUT2D eigenvalue weighted by atomic mass is 15.2. The quantitative estimate of drug-likeness (QED) is 0.885. The van der Waals surface area contributed by atoms with Crippen LogP contribution in [0, 0.1) is 11.3 Å². The van der Waals surface area contributed by atoms with Crippen molar-refractivity contribution in [1.29, 1.82) is 5.26 Å². The van der Waals surface area contributed by atoms with E-state index in [2.05, 4.69) is 20.6 Å². The molecule has 0 amide bonds. The molecule has 0 spiro atoms. The second kappa shape index (κ2) is 5.89. The molecule has 0 fully saturated rings. The van der Waals surface area contributed by atoms with Gasteiger partial charge < -0.3 is 15.5 Å². The molecule has 0 saturated carbocycles. The van der Waals surface area contributed by atoms with Crippen LogP contribution in [0.3, 0.4) is 0 Å². The van der Waals surface area contributed by atoms with E-state index >= 15 is 0 Å². The average molecular weight is 268 g/mol. The van der Waals surface area contributed by atoms with E-state index in [0.29, 0.717) is 11.6 Å². The van der Waals surface area contributed by atoms with Gasteiger partial charge in [-0.05, 0) is 12.1 Å². The maximum Gasteiger partial charge on any atom is 0.236 e. The maximum absolute atomic E-state index is 9.06. The first-order chi connectivity index (χ1) is 9.65. The Balaban J connectivity index is 2.50. The van der Waals surface area contributed by atoms with Gasteiger partial charge in [-0.3, -0.25) is 0 Å². The molecule has 1 heterocycles. The summed E-state index contributed by atoms with van der Waals surface area (Å²) in [6, 6.07) is 11.7.